The average Bonchev–Trinajstić information content (AvgIpc) is 2.57. The molecule has 0 bridgehead atoms. The Hall–Kier alpha value is -1.76. The number of benzene rings is 1. The molecular formula is C19H27F3N2O2. The van der Waals surface area contributed by atoms with Crippen molar-refractivity contribution in [1.82, 2.24) is 4.90 Å². The van der Waals surface area contributed by atoms with Crippen LogP contribution in [0.1, 0.15) is 38.3 Å². The van der Waals surface area contributed by atoms with Crippen LogP contribution in [-0.2, 0) is 21.1 Å². The lowest BCUT2D eigenvalue weighted by molar-refractivity contribution is -0.137. The largest absolute Gasteiger partial charge is 0.418 e. The van der Waals surface area contributed by atoms with E-state index >= 15 is 0 Å². The average molecular weight is 372 g/mol. The Morgan fingerprint density at radius 1 is 1.12 bits per heavy atom. The summed E-state index contributed by atoms with van der Waals surface area (Å²) in [6.45, 7) is 7.65. The van der Waals surface area contributed by atoms with Gasteiger partial charge in [-0.2, -0.15) is 13.2 Å². The van der Waals surface area contributed by atoms with Gasteiger partial charge in [0.2, 0.25) is 5.91 Å². The zero-order chi connectivity index (χ0) is 19.5. The summed E-state index contributed by atoms with van der Waals surface area (Å²) >= 11 is 0. The fourth-order valence-electron chi connectivity index (χ4n) is 3.05. The molecule has 0 spiro atoms. The van der Waals surface area contributed by atoms with Crippen LogP contribution in [0, 0.1) is 0 Å². The zero-order valence-electron chi connectivity index (χ0n) is 15.8. The quantitative estimate of drug-likeness (QED) is 0.808. The van der Waals surface area contributed by atoms with E-state index in [0.717, 1.165) is 0 Å². The Morgan fingerprint density at radius 3 is 2.23 bits per heavy atom. The summed E-state index contributed by atoms with van der Waals surface area (Å²) in [5, 5.41) is 0. The van der Waals surface area contributed by atoms with E-state index < -0.39 is 11.7 Å². The minimum absolute atomic E-state index is 0.0226. The molecule has 1 aliphatic rings. The first-order chi connectivity index (χ1) is 12.0. The van der Waals surface area contributed by atoms with Gasteiger partial charge in [0.1, 0.15) is 0 Å². The van der Waals surface area contributed by atoms with Crippen LogP contribution in [0.2, 0.25) is 0 Å². The SMILES string of the molecule is COCCC(=O)N1CCN(c2ccc(C(C)(C)C)cc2C(F)(F)F)CC1. The molecule has 1 fully saturated rings. The fourth-order valence-corrected chi connectivity index (χ4v) is 3.05. The van der Waals surface area contributed by atoms with E-state index in [4.69, 9.17) is 4.74 Å². The molecule has 0 N–H and O–H groups in total. The molecule has 1 aromatic carbocycles. The third kappa shape index (κ3) is 4.90. The molecule has 0 aromatic heterocycles. The molecule has 4 nitrogen and oxygen atoms in total. The second-order valence-electron chi connectivity index (χ2n) is 7.59. The van der Waals surface area contributed by atoms with Crippen molar-refractivity contribution in [3.63, 3.8) is 0 Å². The van der Waals surface area contributed by atoms with E-state index in [0.29, 0.717) is 44.8 Å². The summed E-state index contributed by atoms with van der Waals surface area (Å²) < 4.78 is 45.7. The fraction of sp³-hybridized carbons (Fsp3) is 0.632. The van der Waals surface area contributed by atoms with Crippen molar-refractivity contribution in [2.45, 2.75) is 38.8 Å². The maximum absolute atomic E-state index is 13.6. The molecule has 1 amide bonds. The van der Waals surface area contributed by atoms with Crippen molar-refractivity contribution >= 4 is 11.6 Å². The van der Waals surface area contributed by atoms with Crippen LogP contribution in [0.15, 0.2) is 18.2 Å². The highest BCUT2D eigenvalue weighted by Crippen LogP contribution is 2.39. The lowest BCUT2D eigenvalue weighted by atomic mass is 9.85. The van der Waals surface area contributed by atoms with Gasteiger partial charge in [0.05, 0.1) is 18.6 Å². The van der Waals surface area contributed by atoms with Crippen LogP contribution >= 0.6 is 0 Å². The standard InChI is InChI=1S/C19H27F3N2O2/c1-18(2,3)14-5-6-16(15(13-14)19(20,21)22)23-8-10-24(11-9-23)17(25)7-12-26-4/h5-6,13H,7-12H2,1-4H3. The zero-order valence-corrected chi connectivity index (χ0v) is 15.8. The van der Waals surface area contributed by atoms with E-state index in [9.17, 15) is 18.0 Å². The summed E-state index contributed by atoms with van der Waals surface area (Å²) in [5.74, 6) is -0.0226. The highest BCUT2D eigenvalue weighted by molar-refractivity contribution is 5.76. The minimum atomic E-state index is -4.41. The van der Waals surface area contributed by atoms with Gasteiger partial charge in [-0.25, -0.2) is 0 Å². The molecule has 146 valence electrons. The highest BCUT2D eigenvalue weighted by Gasteiger charge is 2.36. The number of ether oxygens (including phenoxy) is 1. The molecule has 0 aliphatic carbocycles. The van der Waals surface area contributed by atoms with Gasteiger partial charge in [-0.15, -0.1) is 0 Å². The number of carbonyl (C=O) groups excluding carboxylic acids is 1. The second-order valence-corrected chi connectivity index (χ2v) is 7.59. The van der Waals surface area contributed by atoms with E-state index in [-0.39, 0.29) is 17.0 Å². The Morgan fingerprint density at radius 2 is 1.73 bits per heavy atom. The number of anilines is 1. The van der Waals surface area contributed by atoms with Crippen LogP contribution < -0.4 is 4.90 Å². The van der Waals surface area contributed by atoms with E-state index in [1.54, 1.807) is 21.9 Å². The summed E-state index contributed by atoms with van der Waals surface area (Å²) in [6, 6.07) is 4.58. The molecule has 7 heteroatoms. The predicted octanol–water partition coefficient (Wildman–Crippen LogP) is 3.69. The third-order valence-electron chi connectivity index (χ3n) is 4.66. The molecule has 26 heavy (non-hydrogen) atoms. The molecule has 1 heterocycles. The molecule has 1 saturated heterocycles. The van der Waals surface area contributed by atoms with Crippen LogP contribution in [-0.4, -0.2) is 50.7 Å². The smallest absolute Gasteiger partial charge is 0.384 e. The van der Waals surface area contributed by atoms with Crippen molar-refractivity contribution in [3.8, 4) is 0 Å². The van der Waals surface area contributed by atoms with Crippen molar-refractivity contribution in [2.75, 3.05) is 44.8 Å². The van der Waals surface area contributed by atoms with Gasteiger partial charge >= 0.3 is 6.18 Å². The number of hydrogen-bond donors (Lipinski definition) is 0. The molecule has 0 unspecified atom stereocenters. The van der Waals surface area contributed by atoms with Crippen LogP contribution in [0.4, 0.5) is 18.9 Å². The lowest BCUT2D eigenvalue weighted by Gasteiger charge is -2.37. The minimum Gasteiger partial charge on any atom is -0.384 e. The molecule has 2 rings (SSSR count). The van der Waals surface area contributed by atoms with Gasteiger partial charge in [-0.05, 0) is 23.1 Å². The monoisotopic (exact) mass is 372 g/mol. The first-order valence-electron chi connectivity index (χ1n) is 8.77. The molecule has 0 saturated carbocycles. The summed E-state index contributed by atoms with van der Waals surface area (Å²) in [6.07, 6.45) is -4.12. The molecule has 0 radical (unpaired) electrons. The number of nitrogens with zero attached hydrogens (tertiary/aromatic N) is 2. The predicted molar refractivity (Wildman–Crippen MR) is 95.4 cm³/mol. The van der Waals surface area contributed by atoms with Gasteiger partial charge in [-0.1, -0.05) is 26.8 Å². The van der Waals surface area contributed by atoms with Gasteiger partial charge in [-0.3, -0.25) is 4.79 Å². The third-order valence-corrected chi connectivity index (χ3v) is 4.66. The van der Waals surface area contributed by atoms with Crippen molar-refractivity contribution < 1.29 is 22.7 Å². The molecule has 1 aromatic rings. The molecule has 1 aliphatic heterocycles. The normalized spacial score (nSPS) is 16.1. The summed E-state index contributed by atoms with van der Waals surface area (Å²) in [5.41, 5.74) is -0.120. The van der Waals surface area contributed by atoms with Gasteiger partial charge < -0.3 is 14.5 Å². The van der Waals surface area contributed by atoms with Crippen molar-refractivity contribution in [1.29, 1.82) is 0 Å². The van der Waals surface area contributed by atoms with Crippen LogP contribution in [0.5, 0.6) is 0 Å². The van der Waals surface area contributed by atoms with Gasteiger partial charge in [0.15, 0.2) is 0 Å². The van der Waals surface area contributed by atoms with Gasteiger partial charge in [0, 0.05) is 39.0 Å². The number of hydrogen-bond acceptors (Lipinski definition) is 3. The lowest BCUT2D eigenvalue weighted by Crippen LogP contribution is -2.49. The first kappa shape index (κ1) is 20.6. The topological polar surface area (TPSA) is 32.8 Å². The van der Waals surface area contributed by atoms with Gasteiger partial charge in [0.25, 0.3) is 0 Å². The second kappa shape index (κ2) is 7.86. The summed E-state index contributed by atoms with van der Waals surface area (Å²) in [4.78, 5) is 15.4. The number of amides is 1. The highest BCUT2D eigenvalue weighted by atomic mass is 19.4. The Labute approximate surface area is 152 Å². The van der Waals surface area contributed by atoms with E-state index in [1.165, 1.54) is 13.2 Å². The molecule has 0 atom stereocenters. The van der Waals surface area contributed by atoms with Crippen LogP contribution in [0.25, 0.3) is 0 Å². The first-order valence-corrected chi connectivity index (χ1v) is 8.77. The van der Waals surface area contributed by atoms with Crippen LogP contribution in [0.3, 0.4) is 0 Å². The van der Waals surface area contributed by atoms with Crippen molar-refractivity contribution in [2.24, 2.45) is 0 Å². The molecular weight excluding hydrogens is 345 g/mol. The number of halogens is 3. The Kier molecular flexibility index (Phi) is 6.21. The van der Waals surface area contributed by atoms with E-state index in [1.807, 2.05) is 20.8 Å². The van der Waals surface area contributed by atoms with E-state index in [2.05, 4.69) is 0 Å². The number of methoxy groups -OCH3 is 1. The Balaban J connectivity index is 2.18. The number of rotatable bonds is 4. The number of carbonyl (C=O) groups is 1. The number of alkyl halides is 3. The summed E-state index contributed by atoms with van der Waals surface area (Å²) in [7, 11) is 1.53. The maximum atomic E-state index is 13.6. The maximum Gasteiger partial charge on any atom is 0.418 e. The number of piperazine rings is 1. The van der Waals surface area contributed by atoms with Crippen molar-refractivity contribution in [3.05, 3.63) is 29.3 Å². The Bertz CT molecular complexity index is 631.